The largest absolute Gasteiger partial charge is 0.479 e. The van der Waals surface area contributed by atoms with E-state index in [4.69, 9.17) is 14.6 Å². The normalized spacial score (nSPS) is 14.1. The summed E-state index contributed by atoms with van der Waals surface area (Å²) in [5.74, 6) is -1.86. The number of nitrogens with one attached hydrogen (secondary N) is 2. The zero-order chi connectivity index (χ0) is 23.1. The molecular formula is C24H28N2O6. The van der Waals surface area contributed by atoms with Crippen molar-refractivity contribution in [3.63, 3.8) is 0 Å². The van der Waals surface area contributed by atoms with Crippen molar-refractivity contribution in [3.8, 4) is 11.1 Å². The molecule has 2 amide bonds. The van der Waals surface area contributed by atoms with E-state index in [0.717, 1.165) is 22.3 Å². The number of carbonyl (C=O) groups is 3. The van der Waals surface area contributed by atoms with Gasteiger partial charge in [-0.2, -0.15) is 0 Å². The van der Waals surface area contributed by atoms with Crippen LogP contribution in [0.5, 0.6) is 0 Å². The summed E-state index contributed by atoms with van der Waals surface area (Å²) in [5, 5.41) is 14.1. The van der Waals surface area contributed by atoms with Gasteiger partial charge in [-0.05, 0) is 28.7 Å². The van der Waals surface area contributed by atoms with Gasteiger partial charge in [0.1, 0.15) is 6.61 Å². The van der Waals surface area contributed by atoms with E-state index >= 15 is 0 Å². The quantitative estimate of drug-likeness (QED) is 0.524. The van der Waals surface area contributed by atoms with Crippen molar-refractivity contribution in [2.24, 2.45) is 5.92 Å². The van der Waals surface area contributed by atoms with Gasteiger partial charge >= 0.3 is 12.1 Å². The van der Waals surface area contributed by atoms with Crippen LogP contribution in [0.1, 0.15) is 30.4 Å². The second-order valence-corrected chi connectivity index (χ2v) is 7.75. The molecule has 1 aliphatic rings. The molecule has 2 unspecified atom stereocenters. The van der Waals surface area contributed by atoms with Crippen molar-refractivity contribution < 1.29 is 29.0 Å². The van der Waals surface area contributed by atoms with Crippen molar-refractivity contribution in [2.75, 3.05) is 26.8 Å². The maximum absolute atomic E-state index is 12.2. The fraction of sp³-hybridized carbons (Fsp3) is 0.375. The first-order valence-electron chi connectivity index (χ1n) is 10.5. The standard InChI is InChI=1S/C24H28N2O6/c1-15(22(27)26-13-21(31-2)23(28)29)11-12-25-24(30)32-14-20-18-9-5-3-7-16(18)17-8-4-6-10-19(17)20/h3-10,15,20-21H,11-14H2,1-2H3,(H,25,30)(H,26,27)(H,28,29). The van der Waals surface area contributed by atoms with Gasteiger partial charge in [0.15, 0.2) is 6.10 Å². The first-order chi connectivity index (χ1) is 15.4. The Morgan fingerprint density at radius 2 is 1.59 bits per heavy atom. The molecule has 0 bridgehead atoms. The SMILES string of the molecule is COC(CNC(=O)C(C)CCNC(=O)OCC1c2ccccc2-c2ccccc21)C(=O)O. The minimum absolute atomic E-state index is 0.0131. The van der Waals surface area contributed by atoms with Crippen LogP contribution in [-0.2, 0) is 19.1 Å². The van der Waals surface area contributed by atoms with Crippen LogP contribution < -0.4 is 10.6 Å². The molecule has 0 heterocycles. The number of carbonyl (C=O) groups excluding carboxylic acids is 2. The number of hydrogen-bond donors (Lipinski definition) is 3. The topological polar surface area (TPSA) is 114 Å². The lowest BCUT2D eigenvalue weighted by molar-refractivity contribution is -0.148. The lowest BCUT2D eigenvalue weighted by Crippen LogP contribution is -2.40. The number of hydrogen-bond acceptors (Lipinski definition) is 5. The molecule has 0 saturated carbocycles. The van der Waals surface area contributed by atoms with Crippen molar-refractivity contribution in [1.29, 1.82) is 0 Å². The highest BCUT2D eigenvalue weighted by atomic mass is 16.5. The Labute approximate surface area is 186 Å². The van der Waals surface area contributed by atoms with Crippen LogP contribution in [0.4, 0.5) is 4.79 Å². The van der Waals surface area contributed by atoms with Gasteiger partial charge in [0.05, 0.1) is 6.54 Å². The van der Waals surface area contributed by atoms with Crippen LogP contribution in [0.25, 0.3) is 11.1 Å². The average molecular weight is 440 g/mol. The molecule has 1 aliphatic carbocycles. The Kier molecular flexibility index (Phi) is 7.83. The molecule has 32 heavy (non-hydrogen) atoms. The van der Waals surface area contributed by atoms with Gasteiger partial charge in [-0.3, -0.25) is 4.79 Å². The van der Waals surface area contributed by atoms with Crippen LogP contribution in [0, 0.1) is 5.92 Å². The van der Waals surface area contributed by atoms with Crippen molar-refractivity contribution in [3.05, 3.63) is 59.7 Å². The first-order valence-corrected chi connectivity index (χ1v) is 10.5. The lowest BCUT2D eigenvalue weighted by atomic mass is 9.98. The van der Waals surface area contributed by atoms with E-state index < -0.39 is 24.1 Å². The third-order valence-corrected chi connectivity index (χ3v) is 5.66. The molecule has 0 saturated heterocycles. The number of rotatable bonds is 10. The van der Waals surface area contributed by atoms with Crippen LogP contribution in [0.3, 0.4) is 0 Å². The Hall–Kier alpha value is -3.39. The molecule has 0 aliphatic heterocycles. The van der Waals surface area contributed by atoms with Crippen LogP contribution >= 0.6 is 0 Å². The molecule has 0 fully saturated rings. The molecule has 3 rings (SSSR count). The predicted octanol–water partition coefficient (Wildman–Crippen LogP) is 2.77. The number of carboxylic acids is 1. The van der Waals surface area contributed by atoms with E-state index in [-0.39, 0.29) is 31.5 Å². The summed E-state index contributed by atoms with van der Waals surface area (Å²) in [4.78, 5) is 35.2. The average Bonchev–Trinajstić information content (AvgIpc) is 3.11. The second kappa shape index (κ2) is 10.8. The number of carboxylic acid groups (broad SMARTS) is 1. The van der Waals surface area contributed by atoms with E-state index in [0.29, 0.717) is 6.42 Å². The Morgan fingerprint density at radius 3 is 2.16 bits per heavy atom. The summed E-state index contributed by atoms with van der Waals surface area (Å²) < 4.78 is 10.2. The molecule has 0 aromatic heterocycles. The minimum atomic E-state index is -1.14. The highest BCUT2D eigenvalue weighted by Gasteiger charge is 2.29. The fourth-order valence-corrected chi connectivity index (χ4v) is 3.81. The molecule has 8 heteroatoms. The van der Waals surface area contributed by atoms with Gasteiger partial charge in [0, 0.05) is 25.5 Å². The van der Waals surface area contributed by atoms with Gasteiger partial charge in [0.25, 0.3) is 0 Å². The number of aliphatic carboxylic acids is 1. The first kappa shape index (κ1) is 23.3. The van der Waals surface area contributed by atoms with Gasteiger partial charge < -0.3 is 25.2 Å². The molecule has 0 radical (unpaired) electrons. The van der Waals surface area contributed by atoms with Crippen LogP contribution in [0.15, 0.2) is 48.5 Å². The van der Waals surface area contributed by atoms with Crippen LogP contribution in [-0.4, -0.2) is 56.0 Å². The van der Waals surface area contributed by atoms with E-state index in [1.165, 1.54) is 7.11 Å². The maximum atomic E-state index is 12.2. The molecule has 0 spiro atoms. The van der Waals surface area contributed by atoms with Gasteiger partial charge in [-0.1, -0.05) is 55.5 Å². The Morgan fingerprint density at radius 1 is 1.00 bits per heavy atom. The summed E-state index contributed by atoms with van der Waals surface area (Å²) >= 11 is 0. The molecule has 2 atom stereocenters. The van der Waals surface area contributed by atoms with Gasteiger partial charge in [-0.25, -0.2) is 9.59 Å². The van der Waals surface area contributed by atoms with E-state index in [1.807, 2.05) is 24.3 Å². The number of fused-ring (bicyclic) bond motifs is 3. The van der Waals surface area contributed by atoms with Gasteiger partial charge in [-0.15, -0.1) is 0 Å². The van der Waals surface area contributed by atoms with E-state index in [1.54, 1.807) is 6.92 Å². The number of methoxy groups -OCH3 is 1. The summed E-state index contributed by atoms with van der Waals surface area (Å²) in [5.41, 5.74) is 4.61. The van der Waals surface area contributed by atoms with E-state index in [9.17, 15) is 14.4 Å². The number of benzene rings is 2. The maximum Gasteiger partial charge on any atom is 0.407 e. The summed E-state index contributed by atoms with van der Waals surface area (Å²) in [7, 11) is 1.27. The fourth-order valence-electron chi connectivity index (χ4n) is 3.81. The highest BCUT2D eigenvalue weighted by molar-refractivity contribution is 5.80. The third-order valence-electron chi connectivity index (χ3n) is 5.66. The van der Waals surface area contributed by atoms with Gasteiger partial charge in [0.2, 0.25) is 5.91 Å². The summed E-state index contributed by atoms with van der Waals surface area (Å²) in [6.45, 7) is 2.08. The predicted molar refractivity (Wildman–Crippen MR) is 118 cm³/mol. The monoisotopic (exact) mass is 440 g/mol. The molecule has 2 aromatic carbocycles. The molecule has 3 N–H and O–H groups in total. The molecule has 8 nitrogen and oxygen atoms in total. The molecule has 170 valence electrons. The zero-order valence-corrected chi connectivity index (χ0v) is 18.2. The van der Waals surface area contributed by atoms with Crippen molar-refractivity contribution in [1.82, 2.24) is 10.6 Å². The Bertz CT molecular complexity index is 931. The summed E-state index contributed by atoms with van der Waals surface area (Å²) in [6, 6.07) is 16.2. The molecular weight excluding hydrogens is 412 g/mol. The van der Waals surface area contributed by atoms with Crippen molar-refractivity contribution >= 4 is 18.0 Å². The van der Waals surface area contributed by atoms with Crippen LogP contribution in [0.2, 0.25) is 0 Å². The number of ether oxygens (including phenoxy) is 2. The smallest absolute Gasteiger partial charge is 0.407 e. The van der Waals surface area contributed by atoms with E-state index in [2.05, 4.69) is 34.9 Å². The van der Waals surface area contributed by atoms with Crippen molar-refractivity contribution in [2.45, 2.75) is 25.4 Å². The second-order valence-electron chi connectivity index (χ2n) is 7.75. The number of amides is 2. The number of alkyl carbamates (subject to hydrolysis) is 1. The third kappa shape index (κ3) is 5.45. The zero-order valence-electron chi connectivity index (χ0n) is 18.2. The Balaban J connectivity index is 1.43. The highest BCUT2D eigenvalue weighted by Crippen LogP contribution is 2.44. The minimum Gasteiger partial charge on any atom is -0.479 e. The summed E-state index contributed by atoms with van der Waals surface area (Å²) in [6.07, 6.45) is -1.24. The molecule has 2 aromatic rings. The lowest BCUT2D eigenvalue weighted by Gasteiger charge is -2.16.